The first-order valence-corrected chi connectivity index (χ1v) is 15.0. The average Bonchev–Trinajstić information content (AvgIpc) is 3.07. The van der Waals surface area contributed by atoms with Crippen molar-refractivity contribution in [1.82, 2.24) is 0 Å². The molecule has 3 nitrogen and oxygen atoms in total. The van der Waals surface area contributed by atoms with Crippen LogP contribution in [0.2, 0.25) is 0 Å². The van der Waals surface area contributed by atoms with Crippen LogP contribution in [0, 0.1) is 34.6 Å². The Labute approximate surface area is 253 Å². The first kappa shape index (κ1) is 25.6. The van der Waals surface area contributed by atoms with Gasteiger partial charge in [0.2, 0.25) is 34.7 Å². The van der Waals surface area contributed by atoms with E-state index in [0.29, 0.717) is 0 Å². The van der Waals surface area contributed by atoms with Crippen LogP contribution in [0.3, 0.4) is 0 Å². The number of pyridine rings is 3. The molecule has 0 fully saturated rings. The van der Waals surface area contributed by atoms with Gasteiger partial charge in [-0.2, -0.15) is 13.7 Å². The van der Waals surface area contributed by atoms with Gasteiger partial charge in [-0.05, 0) is 87.7 Å². The molecule has 6 aromatic rings. The third-order valence-electron chi connectivity index (χ3n) is 9.19. The molecular formula is C40H34N3+3. The predicted octanol–water partition coefficient (Wildman–Crippen LogP) is 7.88. The van der Waals surface area contributed by atoms with E-state index in [1.807, 2.05) is 0 Å². The molecule has 3 aromatic carbocycles. The minimum atomic E-state index is 1.14. The zero-order valence-electron chi connectivity index (χ0n) is 25.3. The Bertz CT molecular complexity index is 2180. The Balaban J connectivity index is 1.77. The van der Waals surface area contributed by atoms with Gasteiger partial charge in [-0.3, -0.25) is 0 Å². The highest BCUT2D eigenvalue weighted by Crippen LogP contribution is 2.43. The molecule has 0 radical (unpaired) electrons. The minimum Gasteiger partial charge on any atom is -0.160 e. The van der Waals surface area contributed by atoms with Gasteiger partial charge in [0.15, 0.2) is 12.4 Å². The highest BCUT2D eigenvalue weighted by Gasteiger charge is 2.43. The first-order valence-electron chi connectivity index (χ1n) is 15.0. The number of hydrogen-bond donors (Lipinski definition) is 0. The lowest BCUT2D eigenvalue weighted by Gasteiger charge is -2.20. The van der Waals surface area contributed by atoms with E-state index in [0.717, 1.165) is 5.70 Å². The lowest BCUT2D eigenvalue weighted by molar-refractivity contribution is -0.588. The largest absolute Gasteiger partial charge is 0.283 e. The molecule has 3 heteroatoms. The molecule has 2 aliphatic rings. The van der Waals surface area contributed by atoms with Gasteiger partial charge in [-0.25, -0.2) is 0 Å². The van der Waals surface area contributed by atoms with E-state index >= 15 is 0 Å². The molecule has 2 aliphatic heterocycles. The zero-order valence-corrected chi connectivity index (χ0v) is 25.3. The summed E-state index contributed by atoms with van der Waals surface area (Å²) in [6.07, 6.45) is 6.72. The molecular weight excluding hydrogens is 522 g/mol. The molecule has 0 N–H and O–H groups in total. The van der Waals surface area contributed by atoms with Crippen molar-refractivity contribution in [3.05, 3.63) is 143 Å². The number of hydrogen-bond acceptors (Lipinski definition) is 0. The van der Waals surface area contributed by atoms with Gasteiger partial charge in [0.25, 0.3) is 5.70 Å². The van der Waals surface area contributed by atoms with Crippen molar-refractivity contribution in [2.24, 2.45) is 0 Å². The lowest BCUT2D eigenvalue weighted by atomic mass is 9.89. The van der Waals surface area contributed by atoms with Crippen molar-refractivity contribution in [2.75, 3.05) is 0 Å². The van der Waals surface area contributed by atoms with Crippen molar-refractivity contribution in [1.29, 1.82) is 0 Å². The van der Waals surface area contributed by atoms with Crippen LogP contribution in [-0.2, 0) is 0 Å². The summed E-state index contributed by atoms with van der Waals surface area (Å²) in [5, 5.41) is 0. The molecule has 0 unspecified atom stereocenters. The van der Waals surface area contributed by atoms with Crippen molar-refractivity contribution < 1.29 is 13.7 Å². The maximum absolute atomic E-state index is 2.61. The molecule has 0 amide bonds. The summed E-state index contributed by atoms with van der Waals surface area (Å²) in [7, 11) is 0. The van der Waals surface area contributed by atoms with Gasteiger partial charge in [-0.15, -0.1) is 0 Å². The van der Waals surface area contributed by atoms with Crippen LogP contribution in [0.25, 0.3) is 62.6 Å². The molecule has 0 aliphatic carbocycles. The van der Waals surface area contributed by atoms with E-state index in [-0.39, 0.29) is 0 Å². The van der Waals surface area contributed by atoms with Gasteiger partial charge in [0.05, 0.1) is 11.1 Å². The molecule has 0 saturated heterocycles. The number of nitrogens with zero attached hydrogens (tertiary/aromatic N) is 3. The smallest absolute Gasteiger partial charge is 0.160 e. The maximum Gasteiger partial charge on any atom is 0.283 e. The van der Waals surface area contributed by atoms with E-state index in [1.54, 1.807) is 0 Å². The summed E-state index contributed by atoms with van der Waals surface area (Å²) in [5.41, 5.74) is 19.7. The Morgan fingerprint density at radius 1 is 0.465 bits per heavy atom. The second kappa shape index (κ2) is 9.43. The topological polar surface area (TPSA) is 11.6 Å². The summed E-state index contributed by atoms with van der Waals surface area (Å²) in [5.74, 6) is 0. The van der Waals surface area contributed by atoms with E-state index in [1.165, 1.54) is 84.1 Å². The fourth-order valence-electron chi connectivity index (χ4n) is 7.44. The molecule has 0 saturated carbocycles. The van der Waals surface area contributed by atoms with Crippen LogP contribution >= 0.6 is 0 Å². The summed E-state index contributed by atoms with van der Waals surface area (Å²) in [6, 6.07) is 35.6. The Hall–Kier alpha value is -5.15. The van der Waals surface area contributed by atoms with Gasteiger partial charge in [-0.1, -0.05) is 36.4 Å². The molecule has 5 heterocycles. The van der Waals surface area contributed by atoms with E-state index in [9.17, 15) is 0 Å². The van der Waals surface area contributed by atoms with Gasteiger partial charge in [0, 0.05) is 41.0 Å². The molecule has 43 heavy (non-hydrogen) atoms. The van der Waals surface area contributed by atoms with E-state index < -0.39 is 0 Å². The van der Waals surface area contributed by atoms with Crippen LogP contribution < -0.4 is 13.7 Å². The monoisotopic (exact) mass is 556 g/mol. The Morgan fingerprint density at radius 2 is 1.02 bits per heavy atom. The van der Waals surface area contributed by atoms with Crippen molar-refractivity contribution >= 4 is 11.9 Å². The number of rotatable bonds is 1. The van der Waals surface area contributed by atoms with Gasteiger partial charge < -0.3 is 0 Å². The third-order valence-corrected chi connectivity index (χ3v) is 9.19. The second-order valence-electron chi connectivity index (χ2n) is 12.0. The average molecular weight is 557 g/mol. The highest BCUT2D eigenvalue weighted by molar-refractivity contribution is 5.89. The molecule has 0 spiro atoms. The quantitative estimate of drug-likeness (QED) is 0.182. The maximum atomic E-state index is 2.61. The van der Waals surface area contributed by atoms with Crippen molar-refractivity contribution in [2.45, 2.75) is 34.6 Å². The Kier molecular flexibility index (Phi) is 5.61. The standard InChI is InChI=1S/C40H34N3/c1-25-14-6-7-15-30(25)38-28(4)23-29(5)39-32-17-9-8-16-31(32)35-24-41-20-12-10-18-33(41)36-26(2)22-27(3)37(40(36)43(38)39)34-19-11-13-21-42(34)35/h6-24H,1-5H3/q+3/b35-24-,35-31?,36-33?,39-32?,41-24?,43-40?. The SMILES string of the molecule is Cc1ccccc1-c1c(C)cc(C)c2[n+]1-c1c3c(C)cc(C)c1-c1cccc[n+]1/C(=C\[n+]1ccccc1-3)c1ccccc1-2. The van der Waals surface area contributed by atoms with Gasteiger partial charge in [0.1, 0.15) is 11.1 Å². The highest BCUT2D eigenvalue weighted by atomic mass is 15.1. The lowest BCUT2D eigenvalue weighted by Crippen LogP contribution is -2.41. The fraction of sp³-hybridized carbons (Fsp3) is 0.125. The summed E-state index contributed by atoms with van der Waals surface area (Å²) in [4.78, 5) is 0. The number of aryl methyl sites for hydroxylation is 5. The van der Waals surface area contributed by atoms with Crippen LogP contribution in [-0.4, -0.2) is 0 Å². The van der Waals surface area contributed by atoms with E-state index in [2.05, 4.69) is 164 Å². The van der Waals surface area contributed by atoms with Crippen LogP contribution in [0.1, 0.15) is 33.4 Å². The van der Waals surface area contributed by atoms with E-state index in [4.69, 9.17) is 0 Å². The molecule has 3 aromatic heterocycles. The predicted molar refractivity (Wildman–Crippen MR) is 173 cm³/mol. The summed E-state index contributed by atoms with van der Waals surface area (Å²) < 4.78 is 7.31. The molecule has 0 atom stereocenters. The third kappa shape index (κ3) is 3.64. The number of aromatic nitrogens is 3. The first-order chi connectivity index (χ1) is 20.9. The summed E-state index contributed by atoms with van der Waals surface area (Å²) in [6.45, 7) is 11.3. The van der Waals surface area contributed by atoms with Crippen LogP contribution in [0.5, 0.6) is 0 Å². The van der Waals surface area contributed by atoms with Gasteiger partial charge >= 0.3 is 0 Å². The molecule has 8 rings (SSSR count). The summed E-state index contributed by atoms with van der Waals surface area (Å²) >= 11 is 0. The second-order valence-corrected chi connectivity index (χ2v) is 12.0. The Morgan fingerprint density at radius 3 is 1.77 bits per heavy atom. The van der Waals surface area contributed by atoms with Crippen molar-refractivity contribution in [3.8, 4) is 50.7 Å². The van der Waals surface area contributed by atoms with Crippen molar-refractivity contribution in [3.63, 3.8) is 0 Å². The number of fused-ring (bicyclic) bond motifs is 6. The van der Waals surface area contributed by atoms with Crippen LogP contribution in [0.15, 0.2) is 109 Å². The molecule has 206 valence electrons. The molecule has 4 bridgehead atoms. The zero-order chi connectivity index (χ0) is 29.4. The number of benzene rings is 3. The van der Waals surface area contributed by atoms with Crippen LogP contribution in [0.4, 0.5) is 0 Å². The normalized spacial score (nSPS) is 13.7. The minimum absolute atomic E-state index is 1.14. The fourth-order valence-corrected chi connectivity index (χ4v) is 7.44.